The average Bonchev–Trinajstić information content (AvgIpc) is 2.39. The normalized spacial score (nSPS) is 21.7. The van der Waals surface area contributed by atoms with E-state index in [9.17, 15) is 4.79 Å². The molecular weight excluding hydrogens is 224 g/mol. The summed E-state index contributed by atoms with van der Waals surface area (Å²) in [5.41, 5.74) is -0.350. The van der Waals surface area contributed by atoms with Crippen LogP contribution in [0.25, 0.3) is 10.8 Å². The minimum atomic E-state index is -0.350. The molecule has 2 nitrogen and oxygen atoms in total. The topological polar surface area (TPSA) is 26.3 Å². The zero-order valence-corrected chi connectivity index (χ0v) is 10.6. The molecule has 1 fully saturated rings. The molecule has 2 aromatic carbocycles. The number of ether oxygens (including phenoxy) is 1. The van der Waals surface area contributed by atoms with Crippen molar-refractivity contribution in [3.63, 3.8) is 0 Å². The van der Waals surface area contributed by atoms with Gasteiger partial charge in [-0.1, -0.05) is 36.4 Å². The van der Waals surface area contributed by atoms with Crippen LogP contribution in [0.5, 0.6) is 5.75 Å². The van der Waals surface area contributed by atoms with Crippen molar-refractivity contribution in [2.45, 2.75) is 26.4 Å². The van der Waals surface area contributed by atoms with Crippen molar-refractivity contribution in [1.29, 1.82) is 0 Å². The third-order valence-electron chi connectivity index (χ3n) is 3.91. The minimum Gasteiger partial charge on any atom is -0.488 e. The molecule has 1 atom stereocenters. The molecule has 0 saturated heterocycles. The van der Waals surface area contributed by atoms with Crippen LogP contribution in [0, 0.1) is 5.41 Å². The van der Waals surface area contributed by atoms with Gasteiger partial charge in [-0.25, -0.2) is 0 Å². The number of Topliss-reactive ketones (excluding diaryl/α,β-unsaturated/α-hetero) is 1. The van der Waals surface area contributed by atoms with Crippen LogP contribution in [-0.4, -0.2) is 11.9 Å². The van der Waals surface area contributed by atoms with Gasteiger partial charge in [0.1, 0.15) is 17.6 Å². The highest BCUT2D eigenvalue weighted by atomic mass is 16.5. The summed E-state index contributed by atoms with van der Waals surface area (Å²) in [7, 11) is 0. The van der Waals surface area contributed by atoms with Gasteiger partial charge in [-0.05, 0) is 25.3 Å². The quantitative estimate of drug-likeness (QED) is 0.802. The van der Waals surface area contributed by atoms with Crippen molar-refractivity contribution >= 4 is 16.6 Å². The first-order valence-electron chi connectivity index (χ1n) is 6.27. The van der Waals surface area contributed by atoms with Crippen LogP contribution in [0.15, 0.2) is 42.5 Å². The first-order valence-corrected chi connectivity index (χ1v) is 6.27. The Hall–Kier alpha value is -1.83. The fourth-order valence-corrected chi connectivity index (χ4v) is 2.38. The van der Waals surface area contributed by atoms with E-state index in [1.807, 2.05) is 38.1 Å². The number of hydrogen-bond donors (Lipinski definition) is 0. The third kappa shape index (κ3) is 1.60. The molecule has 0 amide bonds. The number of carbonyl (C=O) groups is 1. The van der Waals surface area contributed by atoms with Gasteiger partial charge in [-0.15, -0.1) is 0 Å². The Morgan fingerprint density at radius 2 is 1.83 bits per heavy atom. The average molecular weight is 240 g/mol. The summed E-state index contributed by atoms with van der Waals surface area (Å²) >= 11 is 0. The maximum absolute atomic E-state index is 11.5. The number of ketones is 1. The van der Waals surface area contributed by atoms with Crippen LogP contribution in [-0.2, 0) is 4.79 Å². The summed E-state index contributed by atoms with van der Waals surface area (Å²) in [6, 6.07) is 14.2. The maximum Gasteiger partial charge on any atom is 0.145 e. The Kier molecular flexibility index (Phi) is 2.40. The number of fused-ring (bicyclic) bond motifs is 1. The SMILES string of the molecule is CC1(C)C(=O)CC1Oc1cccc2ccccc12. The van der Waals surface area contributed by atoms with Gasteiger partial charge in [0.15, 0.2) is 0 Å². The van der Waals surface area contributed by atoms with Crippen LogP contribution in [0.1, 0.15) is 20.3 Å². The zero-order valence-electron chi connectivity index (χ0n) is 10.6. The Labute approximate surface area is 107 Å². The number of rotatable bonds is 2. The van der Waals surface area contributed by atoms with E-state index in [0.29, 0.717) is 6.42 Å². The highest BCUT2D eigenvalue weighted by Crippen LogP contribution is 2.40. The molecule has 1 aliphatic carbocycles. The molecule has 2 aromatic rings. The van der Waals surface area contributed by atoms with Gasteiger partial charge >= 0.3 is 0 Å². The van der Waals surface area contributed by atoms with Crippen LogP contribution in [0.2, 0.25) is 0 Å². The first kappa shape index (κ1) is 11.3. The van der Waals surface area contributed by atoms with Crippen molar-refractivity contribution in [3.05, 3.63) is 42.5 Å². The van der Waals surface area contributed by atoms with Crippen molar-refractivity contribution < 1.29 is 9.53 Å². The smallest absolute Gasteiger partial charge is 0.145 e. The summed E-state index contributed by atoms with van der Waals surface area (Å²) in [6.45, 7) is 3.91. The number of hydrogen-bond acceptors (Lipinski definition) is 2. The lowest BCUT2D eigenvalue weighted by molar-refractivity contribution is -0.147. The second-order valence-corrected chi connectivity index (χ2v) is 5.43. The van der Waals surface area contributed by atoms with Crippen LogP contribution in [0.4, 0.5) is 0 Å². The van der Waals surface area contributed by atoms with Gasteiger partial charge in [-0.3, -0.25) is 4.79 Å². The molecule has 1 aliphatic rings. The van der Waals surface area contributed by atoms with E-state index >= 15 is 0 Å². The molecule has 0 heterocycles. The molecule has 0 aromatic heterocycles. The molecule has 3 rings (SSSR count). The van der Waals surface area contributed by atoms with Crippen molar-refractivity contribution in [1.82, 2.24) is 0 Å². The first-order chi connectivity index (χ1) is 8.59. The summed E-state index contributed by atoms with van der Waals surface area (Å²) in [5, 5.41) is 2.27. The Morgan fingerprint density at radius 3 is 2.56 bits per heavy atom. The van der Waals surface area contributed by atoms with E-state index in [4.69, 9.17) is 4.74 Å². The van der Waals surface area contributed by atoms with E-state index in [2.05, 4.69) is 18.2 Å². The van der Waals surface area contributed by atoms with Gasteiger partial charge < -0.3 is 4.74 Å². The van der Waals surface area contributed by atoms with Crippen LogP contribution in [0.3, 0.4) is 0 Å². The molecule has 18 heavy (non-hydrogen) atoms. The molecule has 0 N–H and O–H groups in total. The lowest BCUT2D eigenvalue weighted by Crippen LogP contribution is -2.52. The zero-order chi connectivity index (χ0) is 12.8. The molecule has 0 aliphatic heterocycles. The van der Waals surface area contributed by atoms with Gasteiger partial charge in [0.05, 0.1) is 5.41 Å². The van der Waals surface area contributed by atoms with Gasteiger partial charge in [-0.2, -0.15) is 0 Å². The Bertz CT molecular complexity index is 608. The standard InChI is InChI=1S/C16H16O2/c1-16(2)14(17)10-15(16)18-13-9-5-7-11-6-3-4-8-12(11)13/h3-9,15H,10H2,1-2H3. The fourth-order valence-electron chi connectivity index (χ4n) is 2.38. The van der Waals surface area contributed by atoms with Gasteiger partial charge in [0, 0.05) is 11.8 Å². The summed E-state index contributed by atoms with van der Waals surface area (Å²) in [6.07, 6.45) is 0.520. The van der Waals surface area contributed by atoms with E-state index in [-0.39, 0.29) is 17.3 Å². The summed E-state index contributed by atoms with van der Waals surface area (Å²) < 4.78 is 6.03. The van der Waals surface area contributed by atoms with E-state index in [1.54, 1.807) is 0 Å². The minimum absolute atomic E-state index is 0.00388. The fraction of sp³-hybridized carbons (Fsp3) is 0.312. The van der Waals surface area contributed by atoms with E-state index in [1.165, 1.54) is 5.39 Å². The Balaban J connectivity index is 1.94. The molecule has 2 heteroatoms. The number of carbonyl (C=O) groups excluding carboxylic acids is 1. The second-order valence-electron chi connectivity index (χ2n) is 5.43. The highest BCUT2D eigenvalue weighted by molar-refractivity contribution is 5.92. The predicted molar refractivity (Wildman–Crippen MR) is 71.8 cm³/mol. The highest BCUT2D eigenvalue weighted by Gasteiger charge is 2.49. The van der Waals surface area contributed by atoms with Crippen molar-refractivity contribution in [2.75, 3.05) is 0 Å². The third-order valence-corrected chi connectivity index (χ3v) is 3.91. The molecular formula is C16H16O2. The molecule has 1 unspecified atom stereocenters. The second kappa shape index (κ2) is 3.84. The van der Waals surface area contributed by atoms with Crippen LogP contribution >= 0.6 is 0 Å². The van der Waals surface area contributed by atoms with Crippen molar-refractivity contribution in [3.8, 4) is 5.75 Å². The lowest BCUT2D eigenvalue weighted by Gasteiger charge is -2.42. The molecule has 0 spiro atoms. The van der Waals surface area contributed by atoms with Crippen LogP contribution < -0.4 is 4.74 Å². The summed E-state index contributed by atoms with van der Waals surface area (Å²) in [5.74, 6) is 1.16. The van der Waals surface area contributed by atoms with Crippen molar-refractivity contribution in [2.24, 2.45) is 5.41 Å². The van der Waals surface area contributed by atoms with E-state index in [0.717, 1.165) is 11.1 Å². The van der Waals surface area contributed by atoms with Gasteiger partial charge in [0.25, 0.3) is 0 Å². The van der Waals surface area contributed by atoms with Gasteiger partial charge in [0.2, 0.25) is 0 Å². The molecule has 0 bridgehead atoms. The van der Waals surface area contributed by atoms with E-state index < -0.39 is 0 Å². The largest absolute Gasteiger partial charge is 0.488 e. The molecule has 92 valence electrons. The lowest BCUT2D eigenvalue weighted by atomic mass is 9.68. The molecule has 0 radical (unpaired) electrons. The maximum atomic E-state index is 11.5. The Morgan fingerprint density at radius 1 is 1.11 bits per heavy atom. The predicted octanol–water partition coefficient (Wildman–Crippen LogP) is 3.59. The number of benzene rings is 2. The summed E-state index contributed by atoms with van der Waals surface area (Å²) in [4.78, 5) is 11.5. The molecule has 1 saturated carbocycles. The monoisotopic (exact) mass is 240 g/mol.